The summed E-state index contributed by atoms with van der Waals surface area (Å²) in [5.74, 6) is 1.28. The van der Waals surface area contributed by atoms with Gasteiger partial charge in [-0.2, -0.15) is 0 Å². The van der Waals surface area contributed by atoms with Gasteiger partial charge in [-0.15, -0.1) is 0 Å². The molecule has 0 aliphatic rings. The Kier molecular flexibility index (Phi) is 20.9. The predicted octanol–water partition coefficient (Wildman–Crippen LogP) is 11.3. The second-order valence-electron chi connectivity index (χ2n) is 13.9. The van der Waals surface area contributed by atoms with Crippen LogP contribution in [-0.2, 0) is 24.5 Å². The van der Waals surface area contributed by atoms with Gasteiger partial charge in [0.1, 0.15) is 11.5 Å². The zero-order valence-corrected chi connectivity index (χ0v) is 31.1. The number of benzene rings is 2. The molecule has 0 N–H and O–H groups in total. The second-order valence-corrected chi connectivity index (χ2v) is 13.9. The summed E-state index contributed by atoms with van der Waals surface area (Å²) >= 11 is 0. The fraction of sp³-hybridized carbons (Fsp3) is 0.581. The normalized spacial score (nSPS) is 11.2. The Labute approximate surface area is 297 Å². The summed E-state index contributed by atoms with van der Waals surface area (Å²) < 4.78 is 22.3. The molecule has 0 atom stereocenters. The van der Waals surface area contributed by atoms with Gasteiger partial charge < -0.3 is 18.9 Å². The van der Waals surface area contributed by atoms with E-state index < -0.39 is 0 Å². The molecule has 0 aliphatic carbocycles. The highest BCUT2D eigenvalue weighted by molar-refractivity contribution is 5.87. The van der Waals surface area contributed by atoms with E-state index in [0.717, 1.165) is 63.2 Å². The maximum Gasteiger partial charge on any atom is 0.333 e. The zero-order chi connectivity index (χ0) is 35.7. The van der Waals surface area contributed by atoms with Crippen molar-refractivity contribution in [3.05, 3.63) is 84.0 Å². The summed E-state index contributed by atoms with van der Waals surface area (Å²) in [7, 11) is 0. The first-order valence-electron chi connectivity index (χ1n) is 18.7. The van der Waals surface area contributed by atoms with Gasteiger partial charge in [-0.3, -0.25) is 0 Å². The van der Waals surface area contributed by atoms with E-state index in [2.05, 4.69) is 75.5 Å². The lowest BCUT2D eigenvalue weighted by molar-refractivity contribution is -0.139. The van der Waals surface area contributed by atoms with E-state index in [-0.39, 0.29) is 17.4 Å². The molecule has 2 rings (SSSR count). The van der Waals surface area contributed by atoms with Gasteiger partial charge in [-0.1, -0.05) is 128 Å². The van der Waals surface area contributed by atoms with Gasteiger partial charge in [0.15, 0.2) is 0 Å². The molecule has 2 aromatic rings. The average Bonchev–Trinajstić information content (AvgIpc) is 3.09. The number of carbonyl (C=O) groups excluding carboxylic acids is 2. The highest BCUT2D eigenvalue weighted by Crippen LogP contribution is 2.33. The van der Waals surface area contributed by atoms with Crippen LogP contribution in [-0.4, -0.2) is 38.4 Å². The Hall–Kier alpha value is -3.54. The van der Waals surface area contributed by atoms with Crippen LogP contribution in [0, 0.1) is 0 Å². The van der Waals surface area contributed by atoms with Crippen molar-refractivity contribution in [2.45, 2.75) is 136 Å². The van der Waals surface area contributed by atoms with Gasteiger partial charge in [0.2, 0.25) is 0 Å². The molecule has 0 spiro atoms. The molecule has 0 heterocycles. The molecule has 0 saturated heterocycles. The highest BCUT2D eigenvalue weighted by atomic mass is 16.5. The Balaban J connectivity index is 1.52. The Morgan fingerprint density at radius 1 is 0.469 bits per heavy atom. The fourth-order valence-corrected chi connectivity index (χ4v) is 5.59. The fourth-order valence-electron chi connectivity index (χ4n) is 5.59. The maximum atomic E-state index is 11.4. The summed E-state index contributed by atoms with van der Waals surface area (Å²) in [6.07, 6.45) is 18.3. The molecule has 0 aliphatic heterocycles. The van der Waals surface area contributed by atoms with Gasteiger partial charge in [0.05, 0.1) is 26.4 Å². The first-order chi connectivity index (χ1) is 23.6. The van der Waals surface area contributed by atoms with Crippen LogP contribution in [0.15, 0.2) is 72.8 Å². The summed E-state index contributed by atoms with van der Waals surface area (Å²) in [4.78, 5) is 22.7. The lowest BCUT2D eigenvalue weighted by atomic mass is 9.78. The van der Waals surface area contributed by atoms with Crippen LogP contribution in [0.1, 0.15) is 142 Å². The maximum absolute atomic E-state index is 11.4. The second kappa shape index (κ2) is 24.6. The lowest BCUT2D eigenvalue weighted by Crippen LogP contribution is -2.18. The smallest absolute Gasteiger partial charge is 0.333 e. The molecule has 0 saturated carbocycles. The number of ether oxygens (including phenoxy) is 4. The van der Waals surface area contributed by atoms with Crippen LogP contribution in [0.3, 0.4) is 0 Å². The Bertz CT molecular complexity index is 1130. The minimum absolute atomic E-state index is 0.124. The van der Waals surface area contributed by atoms with Gasteiger partial charge in [-0.25, -0.2) is 9.59 Å². The van der Waals surface area contributed by atoms with Crippen molar-refractivity contribution in [1.82, 2.24) is 0 Å². The standard InChI is InChI=1S/C43H64O6/c1-35(2)41(44)48-33-21-17-13-9-7-11-15-19-31-46-39-27-23-37(24-28-39)43(5,6)38-25-29-40(30-26-38)47-32-20-16-12-8-10-14-18-22-34-49-42(45)36(3)4/h23-30H,1,3,7-22,31-34H2,2,4-6H3. The van der Waals surface area contributed by atoms with E-state index in [0.29, 0.717) is 24.4 Å². The van der Waals surface area contributed by atoms with E-state index in [9.17, 15) is 9.59 Å². The van der Waals surface area contributed by atoms with Gasteiger partial charge >= 0.3 is 11.9 Å². The van der Waals surface area contributed by atoms with E-state index in [4.69, 9.17) is 18.9 Å². The van der Waals surface area contributed by atoms with Crippen molar-refractivity contribution in [3.8, 4) is 11.5 Å². The highest BCUT2D eigenvalue weighted by Gasteiger charge is 2.23. The molecule has 0 radical (unpaired) electrons. The number of hydrogen-bond acceptors (Lipinski definition) is 6. The molecule has 6 nitrogen and oxygen atoms in total. The average molecular weight is 677 g/mol. The van der Waals surface area contributed by atoms with E-state index in [1.165, 1.54) is 75.3 Å². The van der Waals surface area contributed by atoms with Crippen LogP contribution in [0.2, 0.25) is 0 Å². The van der Waals surface area contributed by atoms with Gasteiger partial charge in [0.25, 0.3) is 0 Å². The molecule has 6 heteroatoms. The molecule has 0 bridgehead atoms. The number of hydrogen-bond donors (Lipinski definition) is 0. The molecule has 0 unspecified atom stereocenters. The third kappa shape index (κ3) is 18.1. The number of carbonyl (C=O) groups is 2. The molecular formula is C43H64O6. The van der Waals surface area contributed by atoms with Crippen molar-refractivity contribution < 1.29 is 28.5 Å². The van der Waals surface area contributed by atoms with Crippen LogP contribution in [0.5, 0.6) is 11.5 Å². The van der Waals surface area contributed by atoms with Crippen molar-refractivity contribution in [2.24, 2.45) is 0 Å². The van der Waals surface area contributed by atoms with Crippen LogP contribution >= 0.6 is 0 Å². The first kappa shape index (κ1) is 41.6. The first-order valence-corrected chi connectivity index (χ1v) is 18.7. The zero-order valence-electron chi connectivity index (χ0n) is 31.1. The van der Waals surface area contributed by atoms with Crippen LogP contribution in [0.4, 0.5) is 0 Å². The van der Waals surface area contributed by atoms with E-state index in [1.54, 1.807) is 13.8 Å². The predicted molar refractivity (Wildman–Crippen MR) is 201 cm³/mol. The Morgan fingerprint density at radius 2 is 0.735 bits per heavy atom. The summed E-state index contributed by atoms with van der Waals surface area (Å²) in [5.41, 5.74) is 3.32. The largest absolute Gasteiger partial charge is 0.494 e. The number of unbranched alkanes of at least 4 members (excludes halogenated alkanes) is 14. The third-order valence-corrected chi connectivity index (χ3v) is 8.93. The quantitative estimate of drug-likeness (QED) is 0.0507. The van der Waals surface area contributed by atoms with Crippen LogP contribution in [0.25, 0.3) is 0 Å². The van der Waals surface area contributed by atoms with Gasteiger partial charge in [-0.05, 0) is 74.9 Å². The molecule has 49 heavy (non-hydrogen) atoms. The molecule has 2 aromatic carbocycles. The summed E-state index contributed by atoms with van der Waals surface area (Å²) in [5, 5.41) is 0. The monoisotopic (exact) mass is 676 g/mol. The molecule has 0 fully saturated rings. The third-order valence-electron chi connectivity index (χ3n) is 8.93. The molecule has 0 amide bonds. The SMILES string of the molecule is C=C(C)C(=O)OCCCCCCCCCCOc1ccc(C(C)(C)c2ccc(OCCCCCCCCCCOC(=O)C(=C)C)cc2)cc1. The molecule has 0 aromatic heterocycles. The van der Waals surface area contributed by atoms with Gasteiger partial charge in [0, 0.05) is 16.6 Å². The van der Waals surface area contributed by atoms with Crippen molar-refractivity contribution in [2.75, 3.05) is 26.4 Å². The van der Waals surface area contributed by atoms with E-state index in [1.807, 2.05) is 0 Å². The summed E-state index contributed by atoms with van der Waals surface area (Å²) in [6.45, 7) is 17.5. The molecule has 272 valence electrons. The molecular weight excluding hydrogens is 612 g/mol. The topological polar surface area (TPSA) is 71.1 Å². The van der Waals surface area contributed by atoms with Crippen LogP contribution < -0.4 is 9.47 Å². The van der Waals surface area contributed by atoms with Crippen molar-refractivity contribution in [3.63, 3.8) is 0 Å². The lowest BCUT2D eigenvalue weighted by Gasteiger charge is -2.26. The Morgan fingerprint density at radius 3 is 1.02 bits per heavy atom. The number of rotatable bonds is 28. The van der Waals surface area contributed by atoms with Crippen molar-refractivity contribution in [1.29, 1.82) is 0 Å². The summed E-state index contributed by atoms with van der Waals surface area (Å²) in [6, 6.07) is 17.1. The van der Waals surface area contributed by atoms with Crippen molar-refractivity contribution >= 4 is 11.9 Å². The minimum Gasteiger partial charge on any atom is -0.494 e. The van der Waals surface area contributed by atoms with E-state index >= 15 is 0 Å². The number of esters is 2. The minimum atomic E-state index is -0.286.